The number of aromatic nitrogens is 2. The van der Waals surface area contributed by atoms with E-state index < -0.39 is 0 Å². The third kappa shape index (κ3) is 4.11. The number of hydrogen-bond acceptors (Lipinski definition) is 2. The number of carbonyl (C=O) groups is 1. The lowest BCUT2D eigenvalue weighted by molar-refractivity contribution is 0.0943. The Balaban J connectivity index is 1.32. The van der Waals surface area contributed by atoms with Crippen molar-refractivity contribution in [2.75, 3.05) is 6.54 Å². The van der Waals surface area contributed by atoms with Crippen LogP contribution >= 0.6 is 0 Å². The van der Waals surface area contributed by atoms with E-state index in [4.69, 9.17) is 0 Å². The monoisotopic (exact) mass is 359 g/mol. The molecule has 3 aromatic rings. The number of carbonyl (C=O) groups excluding carboxylic acids is 1. The third-order valence-corrected chi connectivity index (χ3v) is 5.65. The van der Waals surface area contributed by atoms with E-state index in [1.165, 1.54) is 18.4 Å². The molecule has 1 aliphatic carbocycles. The van der Waals surface area contributed by atoms with Gasteiger partial charge >= 0.3 is 0 Å². The van der Waals surface area contributed by atoms with Crippen molar-refractivity contribution in [2.45, 2.75) is 31.6 Å². The fourth-order valence-electron chi connectivity index (χ4n) is 4.08. The van der Waals surface area contributed by atoms with Crippen LogP contribution in [0.2, 0.25) is 0 Å². The SMILES string of the molecule is O=C(NCC1CCC(c2ccncc2)CC1)c1c[nH]cc1-c1ccccc1. The van der Waals surface area contributed by atoms with Crippen molar-refractivity contribution in [3.8, 4) is 11.1 Å². The first kappa shape index (κ1) is 17.5. The smallest absolute Gasteiger partial charge is 0.253 e. The molecule has 1 aromatic carbocycles. The maximum absolute atomic E-state index is 12.7. The van der Waals surface area contributed by atoms with Gasteiger partial charge in [-0.15, -0.1) is 0 Å². The van der Waals surface area contributed by atoms with Crippen LogP contribution < -0.4 is 5.32 Å². The zero-order chi connectivity index (χ0) is 18.5. The van der Waals surface area contributed by atoms with Gasteiger partial charge in [0, 0.05) is 36.9 Å². The van der Waals surface area contributed by atoms with E-state index in [2.05, 4.69) is 27.4 Å². The fourth-order valence-corrected chi connectivity index (χ4v) is 4.08. The second-order valence-corrected chi connectivity index (χ2v) is 7.36. The van der Waals surface area contributed by atoms with Gasteiger partial charge in [-0.2, -0.15) is 0 Å². The molecule has 4 nitrogen and oxygen atoms in total. The van der Waals surface area contributed by atoms with Gasteiger partial charge in [-0.05, 0) is 60.8 Å². The standard InChI is InChI=1S/C23H25N3O/c27-23(22-16-25-15-21(22)20-4-2-1-3-5-20)26-14-17-6-8-18(9-7-17)19-10-12-24-13-11-19/h1-5,10-13,15-18,25H,6-9,14H2,(H,26,27). The minimum Gasteiger partial charge on any atom is -0.366 e. The molecule has 0 saturated heterocycles. The summed E-state index contributed by atoms with van der Waals surface area (Å²) in [6.45, 7) is 0.751. The quantitative estimate of drug-likeness (QED) is 0.689. The topological polar surface area (TPSA) is 57.8 Å². The van der Waals surface area contributed by atoms with Crippen LogP contribution in [0.5, 0.6) is 0 Å². The summed E-state index contributed by atoms with van der Waals surface area (Å²) in [4.78, 5) is 19.9. The Morgan fingerprint density at radius 2 is 1.74 bits per heavy atom. The molecular weight excluding hydrogens is 334 g/mol. The number of hydrogen-bond donors (Lipinski definition) is 2. The van der Waals surface area contributed by atoms with E-state index in [9.17, 15) is 4.79 Å². The molecule has 2 aromatic heterocycles. The molecule has 1 aliphatic rings. The number of nitrogens with one attached hydrogen (secondary N) is 2. The molecular formula is C23H25N3O. The minimum absolute atomic E-state index is 0.00589. The van der Waals surface area contributed by atoms with Crippen molar-refractivity contribution in [1.29, 1.82) is 0 Å². The number of rotatable bonds is 5. The second kappa shape index (κ2) is 8.21. The van der Waals surface area contributed by atoms with Gasteiger partial charge in [0.2, 0.25) is 0 Å². The lowest BCUT2D eigenvalue weighted by atomic mass is 9.79. The highest BCUT2D eigenvalue weighted by Crippen LogP contribution is 2.35. The van der Waals surface area contributed by atoms with Gasteiger partial charge < -0.3 is 10.3 Å². The minimum atomic E-state index is 0.00589. The molecule has 0 unspecified atom stereocenters. The van der Waals surface area contributed by atoms with Crippen molar-refractivity contribution in [1.82, 2.24) is 15.3 Å². The Morgan fingerprint density at radius 3 is 2.48 bits per heavy atom. The van der Waals surface area contributed by atoms with Crippen molar-refractivity contribution < 1.29 is 4.79 Å². The highest BCUT2D eigenvalue weighted by atomic mass is 16.1. The van der Waals surface area contributed by atoms with E-state index in [1.807, 2.05) is 48.9 Å². The molecule has 4 heteroatoms. The molecule has 138 valence electrons. The molecule has 1 saturated carbocycles. The Labute approximate surface area is 160 Å². The second-order valence-electron chi connectivity index (χ2n) is 7.36. The highest BCUT2D eigenvalue weighted by molar-refractivity contribution is 6.00. The summed E-state index contributed by atoms with van der Waals surface area (Å²) >= 11 is 0. The van der Waals surface area contributed by atoms with Crippen molar-refractivity contribution in [2.24, 2.45) is 5.92 Å². The molecule has 2 N–H and O–H groups in total. The maximum Gasteiger partial charge on any atom is 0.253 e. The average Bonchev–Trinajstić information content (AvgIpc) is 3.24. The largest absolute Gasteiger partial charge is 0.366 e. The number of nitrogens with zero attached hydrogens (tertiary/aromatic N) is 1. The zero-order valence-electron chi connectivity index (χ0n) is 15.4. The van der Waals surface area contributed by atoms with Gasteiger partial charge in [-0.25, -0.2) is 0 Å². The molecule has 27 heavy (non-hydrogen) atoms. The summed E-state index contributed by atoms with van der Waals surface area (Å²) < 4.78 is 0. The summed E-state index contributed by atoms with van der Waals surface area (Å²) in [5.41, 5.74) is 4.12. The van der Waals surface area contributed by atoms with E-state index in [1.54, 1.807) is 6.20 Å². The van der Waals surface area contributed by atoms with Gasteiger partial charge in [0.25, 0.3) is 5.91 Å². The molecule has 0 radical (unpaired) electrons. The Morgan fingerprint density at radius 1 is 1.00 bits per heavy atom. The molecule has 1 fully saturated rings. The van der Waals surface area contributed by atoms with Crippen molar-refractivity contribution >= 4 is 5.91 Å². The molecule has 0 aliphatic heterocycles. The van der Waals surface area contributed by atoms with Crippen LogP contribution in [0.4, 0.5) is 0 Å². The van der Waals surface area contributed by atoms with Gasteiger partial charge in [0.15, 0.2) is 0 Å². The fraction of sp³-hybridized carbons (Fsp3) is 0.304. The first-order valence-corrected chi connectivity index (χ1v) is 9.71. The van der Waals surface area contributed by atoms with Gasteiger partial charge in [-0.3, -0.25) is 9.78 Å². The van der Waals surface area contributed by atoms with Crippen LogP contribution in [0.3, 0.4) is 0 Å². The van der Waals surface area contributed by atoms with Crippen molar-refractivity contribution in [3.05, 3.63) is 78.4 Å². The summed E-state index contributed by atoms with van der Waals surface area (Å²) in [7, 11) is 0. The molecule has 2 heterocycles. The van der Waals surface area contributed by atoms with Crippen LogP contribution in [-0.4, -0.2) is 22.4 Å². The third-order valence-electron chi connectivity index (χ3n) is 5.65. The summed E-state index contributed by atoms with van der Waals surface area (Å²) in [5.74, 6) is 1.20. The summed E-state index contributed by atoms with van der Waals surface area (Å²) in [5, 5.41) is 3.15. The van der Waals surface area contributed by atoms with Gasteiger partial charge in [-0.1, -0.05) is 30.3 Å². The predicted molar refractivity (Wildman–Crippen MR) is 107 cm³/mol. The van der Waals surface area contributed by atoms with E-state index >= 15 is 0 Å². The Hall–Kier alpha value is -2.88. The van der Waals surface area contributed by atoms with Crippen molar-refractivity contribution in [3.63, 3.8) is 0 Å². The van der Waals surface area contributed by atoms with Crippen LogP contribution in [0.15, 0.2) is 67.3 Å². The molecule has 0 bridgehead atoms. The van der Waals surface area contributed by atoms with Crippen LogP contribution in [-0.2, 0) is 0 Å². The van der Waals surface area contributed by atoms with E-state index in [0.717, 1.165) is 30.5 Å². The molecule has 4 rings (SSSR count). The Bertz CT molecular complexity index is 865. The van der Waals surface area contributed by atoms with Crippen LogP contribution in [0.25, 0.3) is 11.1 Å². The highest BCUT2D eigenvalue weighted by Gasteiger charge is 2.23. The van der Waals surface area contributed by atoms with Gasteiger partial charge in [0.05, 0.1) is 5.56 Å². The molecule has 0 spiro atoms. The number of H-pyrrole nitrogens is 1. The normalized spacial score (nSPS) is 19.6. The predicted octanol–water partition coefficient (Wildman–Crippen LogP) is 4.78. The van der Waals surface area contributed by atoms with Crippen LogP contribution in [0.1, 0.15) is 47.5 Å². The van der Waals surface area contributed by atoms with E-state index in [0.29, 0.717) is 17.4 Å². The van der Waals surface area contributed by atoms with Crippen LogP contribution in [0, 0.1) is 5.92 Å². The maximum atomic E-state index is 12.7. The number of benzene rings is 1. The molecule has 1 amide bonds. The zero-order valence-corrected chi connectivity index (χ0v) is 15.4. The van der Waals surface area contributed by atoms with E-state index in [-0.39, 0.29) is 5.91 Å². The lowest BCUT2D eigenvalue weighted by Gasteiger charge is -2.28. The summed E-state index contributed by atoms with van der Waals surface area (Å²) in [6.07, 6.45) is 12.1. The number of pyridine rings is 1. The molecule has 0 atom stereocenters. The number of aromatic amines is 1. The average molecular weight is 359 g/mol. The lowest BCUT2D eigenvalue weighted by Crippen LogP contribution is -2.31. The number of amides is 1. The Kier molecular flexibility index (Phi) is 5.33. The summed E-state index contributed by atoms with van der Waals surface area (Å²) in [6, 6.07) is 14.3. The first-order chi connectivity index (χ1) is 13.3. The first-order valence-electron chi connectivity index (χ1n) is 9.71. The van der Waals surface area contributed by atoms with Gasteiger partial charge in [0.1, 0.15) is 0 Å².